The zero-order chi connectivity index (χ0) is 15.7. The Morgan fingerprint density at radius 3 is 2.86 bits per heavy atom. The van der Waals surface area contributed by atoms with Crippen LogP contribution in [0.5, 0.6) is 0 Å². The summed E-state index contributed by atoms with van der Waals surface area (Å²) in [5, 5.41) is 3.93. The van der Waals surface area contributed by atoms with Crippen LogP contribution in [0.2, 0.25) is 10.0 Å². The fraction of sp³-hybridized carbons (Fsp3) is 0.0667. The third-order valence-electron chi connectivity index (χ3n) is 3.00. The van der Waals surface area contributed by atoms with Crippen LogP contribution < -0.4 is 5.32 Å². The lowest BCUT2D eigenvalue weighted by Crippen LogP contribution is -2.15. The number of carbonyl (C=O) groups is 1. The Bertz CT molecular complexity index is 846. The van der Waals surface area contributed by atoms with Crippen LogP contribution in [0.25, 0.3) is 10.2 Å². The van der Waals surface area contributed by atoms with Crippen LogP contribution >= 0.6 is 34.5 Å². The summed E-state index contributed by atoms with van der Waals surface area (Å²) in [6.45, 7) is 0. The van der Waals surface area contributed by atoms with Crippen molar-refractivity contribution in [2.75, 3.05) is 5.32 Å². The van der Waals surface area contributed by atoms with Gasteiger partial charge >= 0.3 is 0 Å². The second kappa shape index (κ2) is 6.20. The number of halogens is 3. The second-order valence-electron chi connectivity index (χ2n) is 4.56. The van der Waals surface area contributed by atoms with Crippen molar-refractivity contribution in [3.05, 3.63) is 57.8 Å². The van der Waals surface area contributed by atoms with Crippen LogP contribution in [-0.2, 0) is 11.2 Å². The predicted molar refractivity (Wildman–Crippen MR) is 88.4 cm³/mol. The van der Waals surface area contributed by atoms with Crippen molar-refractivity contribution in [3.8, 4) is 0 Å². The van der Waals surface area contributed by atoms with E-state index in [-0.39, 0.29) is 22.9 Å². The highest BCUT2D eigenvalue weighted by atomic mass is 35.5. The van der Waals surface area contributed by atoms with Crippen molar-refractivity contribution >= 4 is 55.8 Å². The van der Waals surface area contributed by atoms with Gasteiger partial charge < -0.3 is 5.32 Å². The van der Waals surface area contributed by atoms with Crippen LogP contribution in [0.1, 0.15) is 5.56 Å². The first-order chi connectivity index (χ1) is 10.5. The first-order valence-corrected chi connectivity index (χ1v) is 7.89. The van der Waals surface area contributed by atoms with Crippen LogP contribution in [-0.4, -0.2) is 10.9 Å². The van der Waals surface area contributed by atoms with Gasteiger partial charge in [-0.25, -0.2) is 9.37 Å². The molecule has 112 valence electrons. The lowest BCUT2D eigenvalue weighted by atomic mass is 10.1. The van der Waals surface area contributed by atoms with Crippen LogP contribution in [0.15, 0.2) is 36.4 Å². The van der Waals surface area contributed by atoms with Gasteiger partial charge in [0, 0.05) is 15.6 Å². The minimum absolute atomic E-state index is 0.151. The molecule has 0 aliphatic carbocycles. The van der Waals surface area contributed by atoms with E-state index < -0.39 is 5.82 Å². The molecule has 0 unspecified atom stereocenters. The number of hydrogen-bond acceptors (Lipinski definition) is 3. The van der Waals surface area contributed by atoms with E-state index in [9.17, 15) is 9.18 Å². The molecule has 0 bridgehead atoms. The summed E-state index contributed by atoms with van der Waals surface area (Å²) in [5.74, 6) is -0.879. The smallest absolute Gasteiger partial charge is 0.230 e. The van der Waals surface area contributed by atoms with Gasteiger partial charge in [-0.2, -0.15) is 0 Å². The second-order valence-corrected chi connectivity index (χ2v) is 6.43. The summed E-state index contributed by atoms with van der Waals surface area (Å²) in [6.07, 6.45) is -0.151. The number of nitrogens with zero attached hydrogens (tertiary/aromatic N) is 1. The Morgan fingerprint density at radius 1 is 1.27 bits per heavy atom. The Hall–Kier alpha value is -1.69. The summed E-state index contributed by atoms with van der Waals surface area (Å²) in [6, 6.07) is 9.60. The lowest BCUT2D eigenvalue weighted by molar-refractivity contribution is -0.115. The third-order valence-corrected chi connectivity index (χ3v) is 4.52. The standard InChI is InChI=1S/C15H9Cl2FN2OS/c16-8-4-5-12-13(6-8)22-15(19-12)20-14(21)7-9-10(17)2-1-3-11(9)18/h1-6H,7H2,(H,19,20,21). The molecule has 3 rings (SSSR count). The van der Waals surface area contributed by atoms with Crippen LogP contribution in [0, 0.1) is 5.82 Å². The maximum absolute atomic E-state index is 13.7. The molecule has 1 aromatic heterocycles. The number of amides is 1. The molecule has 2 aromatic carbocycles. The van der Waals surface area contributed by atoms with Gasteiger partial charge in [0.1, 0.15) is 5.82 Å². The SMILES string of the molecule is O=C(Cc1c(F)cccc1Cl)Nc1nc2ccc(Cl)cc2s1. The fourth-order valence-electron chi connectivity index (χ4n) is 1.98. The molecule has 1 amide bonds. The molecular formula is C15H9Cl2FN2OS. The summed E-state index contributed by atoms with van der Waals surface area (Å²) in [7, 11) is 0. The van der Waals surface area contributed by atoms with E-state index in [1.54, 1.807) is 24.3 Å². The number of hydrogen-bond donors (Lipinski definition) is 1. The molecule has 0 spiro atoms. The van der Waals surface area contributed by atoms with Crippen LogP contribution in [0.4, 0.5) is 9.52 Å². The largest absolute Gasteiger partial charge is 0.302 e. The highest BCUT2D eigenvalue weighted by Gasteiger charge is 2.13. The van der Waals surface area contributed by atoms with Crippen molar-refractivity contribution in [2.45, 2.75) is 6.42 Å². The number of carbonyl (C=O) groups excluding carboxylic acids is 1. The van der Waals surface area contributed by atoms with E-state index in [2.05, 4.69) is 10.3 Å². The molecule has 0 aliphatic rings. The molecular weight excluding hydrogens is 346 g/mol. The molecule has 3 nitrogen and oxygen atoms in total. The molecule has 3 aromatic rings. The van der Waals surface area contributed by atoms with E-state index in [0.29, 0.717) is 10.2 Å². The lowest BCUT2D eigenvalue weighted by Gasteiger charge is -2.05. The zero-order valence-electron chi connectivity index (χ0n) is 11.1. The first-order valence-electron chi connectivity index (χ1n) is 6.32. The number of benzene rings is 2. The maximum Gasteiger partial charge on any atom is 0.230 e. The van der Waals surface area contributed by atoms with Gasteiger partial charge in [-0.3, -0.25) is 4.79 Å². The van der Waals surface area contributed by atoms with Crippen molar-refractivity contribution in [2.24, 2.45) is 0 Å². The first kappa shape index (κ1) is 15.2. The van der Waals surface area contributed by atoms with Crippen molar-refractivity contribution in [1.29, 1.82) is 0 Å². The summed E-state index contributed by atoms with van der Waals surface area (Å²) >= 11 is 13.1. The average molecular weight is 355 g/mol. The minimum Gasteiger partial charge on any atom is -0.302 e. The molecule has 0 saturated carbocycles. The highest BCUT2D eigenvalue weighted by Crippen LogP contribution is 2.28. The topological polar surface area (TPSA) is 42.0 Å². The van der Waals surface area contributed by atoms with Gasteiger partial charge in [0.25, 0.3) is 0 Å². The molecule has 7 heteroatoms. The van der Waals surface area contributed by atoms with Gasteiger partial charge in [-0.1, -0.05) is 40.6 Å². The number of anilines is 1. The normalized spacial score (nSPS) is 10.9. The molecule has 0 fully saturated rings. The van der Waals surface area contributed by atoms with Crippen molar-refractivity contribution in [1.82, 2.24) is 4.98 Å². The summed E-state index contributed by atoms with van der Waals surface area (Å²) in [5.41, 5.74) is 0.916. The Morgan fingerprint density at radius 2 is 2.09 bits per heavy atom. The minimum atomic E-state index is -0.501. The number of rotatable bonds is 3. The van der Waals surface area contributed by atoms with E-state index in [1.165, 1.54) is 23.5 Å². The maximum atomic E-state index is 13.7. The zero-order valence-corrected chi connectivity index (χ0v) is 13.4. The molecule has 1 N–H and O–H groups in total. The van der Waals surface area contributed by atoms with E-state index in [4.69, 9.17) is 23.2 Å². The van der Waals surface area contributed by atoms with Crippen molar-refractivity contribution in [3.63, 3.8) is 0 Å². The number of fused-ring (bicyclic) bond motifs is 1. The quantitative estimate of drug-likeness (QED) is 0.724. The van der Waals surface area contributed by atoms with E-state index in [1.807, 2.05) is 0 Å². The molecule has 0 aliphatic heterocycles. The summed E-state index contributed by atoms with van der Waals surface area (Å²) < 4.78 is 14.5. The van der Waals surface area contributed by atoms with Gasteiger partial charge in [0.05, 0.1) is 16.6 Å². The van der Waals surface area contributed by atoms with Crippen LogP contribution in [0.3, 0.4) is 0 Å². The number of nitrogens with one attached hydrogen (secondary N) is 1. The monoisotopic (exact) mass is 354 g/mol. The summed E-state index contributed by atoms with van der Waals surface area (Å²) in [4.78, 5) is 16.3. The van der Waals surface area contributed by atoms with Crippen molar-refractivity contribution < 1.29 is 9.18 Å². The van der Waals surface area contributed by atoms with Gasteiger partial charge in [-0.15, -0.1) is 0 Å². The van der Waals surface area contributed by atoms with Gasteiger partial charge in [-0.05, 0) is 30.3 Å². The van der Waals surface area contributed by atoms with E-state index >= 15 is 0 Å². The highest BCUT2D eigenvalue weighted by molar-refractivity contribution is 7.22. The van der Waals surface area contributed by atoms with Gasteiger partial charge in [0.15, 0.2) is 5.13 Å². The molecule has 22 heavy (non-hydrogen) atoms. The number of thiazole rings is 1. The molecule has 0 radical (unpaired) electrons. The Kier molecular flexibility index (Phi) is 4.29. The third kappa shape index (κ3) is 3.21. The fourth-order valence-corrected chi connectivity index (χ4v) is 3.37. The Labute approximate surface area is 139 Å². The predicted octanol–water partition coefficient (Wildman–Crippen LogP) is 4.92. The molecule has 1 heterocycles. The van der Waals surface area contributed by atoms with E-state index in [0.717, 1.165) is 10.2 Å². The molecule has 0 saturated heterocycles. The number of aromatic nitrogens is 1. The van der Waals surface area contributed by atoms with Gasteiger partial charge in [0.2, 0.25) is 5.91 Å². The Balaban J connectivity index is 1.78. The molecule has 0 atom stereocenters. The average Bonchev–Trinajstić information content (AvgIpc) is 2.84.